The normalized spacial score (nSPS) is 15.6. The molecule has 1 aromatic heterocycles. The Balaban J connectivity index is 2.02. The molecular weight excluding hydrogens is 512 g/mol. The largest absolute Gasteiger partial charge is 0.496 e. The van der Waals surface area contributed by atoms with E-state index in [2.05, 4.69) is 46.0 Å². The number of carbonyl (C=O) groups is 2. The Kier molecular flexibility index (Phi) is 8.71. The number of amides is 2. The number of fused-ring (bicyclic) bond motifs is 1. The summed E-state index contributed by atoms with van der Waals surface area (Å²) >= 11 is 1.54. The number of thioether (sulfide) groups is 1. The van der Waals surface area contributed by atoms with Crippen LogP contribution in [0.3, 0.4) is 0 Å². The predicted octanol–water partition coefficient (Wildman–Crippen LogP) is 4.73. The summed E-state index contributed by atoms with van der Waals surface area (Å²) in [7, 11) is 3.25. The fraction of sp³-hybridized carbons (Fsp3) is 0.433. The molecule has 1 aliphatic rings. The lowest BCUT2D eigenvalue weighted by molar-refractivity contribution is -0.123. The van der Waals surface area contributed by atoms with Crippen molar-refractivity contribution in [3.8, 4) is 11.4 Å². The molecule has 1 N–H and O–H groups in total. The monoisotopic (exact) mass is 550 g/mol. The number of benzene rings is 2. The number of hydrogen-bond donors (Lipinski definition) is 1. The van der Waals surface area contributed by atoms with Crippen LogP contribution in [0.1, 0.15) is 54.0 Å². The Bertz CT molecular complexity index is 1360. The number of hydrogen-bond acceptors (Lipinski definition) is 6. The van der Waals surface area contributed by atoms with Gasteiger partial charge in [0.25, 0.3) is 0 Å². The molecule has 0 saturated carbocycles. The van der Waals surface area contributed by atoms with Gasteiger partial charge >= 0.3 is 0 Å². The zero-order chi connectivity index (χ0) is 28.3. The SMILES string of the molecule is COCCNC(=O)CN1C(=O)CSC(c2ccccc2OC)c2c(C(C)(C)C)nn(-c3cccc(C)c3C)c21. The van der Waals surface area contributed by atoms with Crippen molar-refractivity contribution in [2.24, 2.45) is 0 Å². The molecule has 0 spiro atoms. The molecular formula is C30H38N4O4S. The van der Waals surface area contributed by atoms with Gasteiger partial charge in [-0.25, -0.2) is 4.68 Å². The first-order valence-electron chi connectivity index (χ1n) is 13.1. The Morgan fingerprint density at radius 3 is 2.56 bits per heavy atom. The second-order valence-electron chi connectivity index (χ2n) is 10.7. The summed E-state index contributed by atoms with van der Waals surface area (Å²) in [5.74, 6) is 1.18. The molecule has 208 valence electrons. The van der Waals surface area contributed by atoms with Crippen LogP contribution in [-0.4, -0.2) is 61.3 Å². The number of methoxy groups -OCH3 is 2. The predicted molar refractivity (Wildman–Crippen MR) is 156 cm³/mol. The van der Waals surface area contributed by atoms with Crippen molar-refractivity contribution in [2.45, 2.75) is 45.3 Å². The van der Waals surface area contributed by atoms with Gasteiger partial charge in [0.15, 0.2) is 0 Å². The van der Waals surface area contributed by atoms with Crippen molar-refractivity contribution in [1.29, 1.82) is 0 Å². The maximum absolute atomic E-state index is 13.8. The molecule has 3 aromatic rings. The summed E-state index contributed by atoms with van der Waals surface area (Å²) < 4.78 is 12.7. The zero-order valence-corrected chi connectivity index (χ0v) is 24.6. The third-order valence-corrected chi connectivity index (χ3v) is 8.19. The molecule has 0 radical (unpaired) electrons. The Morgan fingerprint density at radius 2 is 1.87 bits per heavy atom. The smallest absolute Gasteiger partial charge is 0.240 e. The Hall–Kier alpha value is -3.30. The number of para-hydroxylation sites is 1. The Labute approximate surface area is 235 Å². The highest BCUT2D eigenvalue weighted by Crippen LogP contribution is 2.50. The summed E-state index contributed by atoms with van der Waals surface area (Å²) in [6.07, 6.45) is 0. The highest BCUT2D eigenvalue weighted by atomic mass is 32.2. The lowest BCUT2D eigenvalue weighted by Gasteiger charge is -2.25. The van der Waals surface area contributed by atoms with Gasteiger partial charge in [-0.1, -0.05) is 51.1 Å². The first-order chi connectivity index (χ1) is 18.6. The van der Waals surface area contributed by atoms with Crippen LogP contribution in [0.4, 0.5) is 5.82 Å². The van der Waals surface area contributed by atoms with Crippen molar-refractivity contribution < 1.29 is 19.1 Å². The topological polar surface area (TPSA) is 85.7 Å². The van der Waals surface area contributed by atoms with Gasteiger partial charge in [-0.05, 0) is 37.1 Å². The average Bonchev–Trinajstić information content (AvgIpc) is 3.23. The average molecular weight is 551 g/mol. The molecule has 0 bridgehead atoms. The molecule has 0 saturated heterocycles. The molecule has 2 heterocycles. The highest BCUT2D eigenvalue weighted by molar-refractivity contribution is 8.00. The molecule has 1 unspecified atom stereocenters. The number of anilines is 1. The summed E-state index contributed by atoms with van der Waals surface area (Å²) in [5, 5.41) is 7.83. The van der Waals surface area contributed by atoms with E-state index < -0.39 is 0 Å². The van der Waals surface area contributed by atoms with Crippen LogP contribution in [0, 0.1) is 13.8 Å². The molecule has 39 heavy (non-hydrogen) atoms. The second kappa shape index (κ2) is 11.8. The summed E-state index contributed by atoms with van der Waals surface area (Å²) in [6.45, 7) is 11.1. The van der Waals surface area contributed by atoms with Gasteiger partial charge in [-0.2, -0.15) is 5.10 Å². The molecule has 2 aromatic carbocycles. The van der Waals surface area contributed by atoms with Gasteiger partial charge in [-0.15, -0.1) is 11.8 Å². The van der Waals surface area contributed by atoms with Gasteiger partial charge in [0.2, 0.25) is 11.8 Å². The molecule has 2 amide bonds. The molecule has 1 aliphatic heterocycles. The number of rotatable bonds is 8. The number of aryl methyl sites for hydroxylation is 1. The lowest BCUT2D eigenvalue weighted by atomic mass is 9.87. The van der Waals surface area contributed by atoms with Crippen LogP contribution < -0.4 is 15.0 Å². The van der Waals surface area contributed by atoms with E-state index in [9.17, 15) is 9.59 Å². The molecule has 1 atom stereocenters. The number of carbonyl (C=O) groups excluding carboxylic acids is 2. The summed E-state index contributed by atoms with van der Waals surface area (Å²) in [5.41, 5.74) is 5.49. The molecule has 0 fully saturated rings. The van der Waals surface area contributed by atoms with E-state index in [1.807, 2.05) is 41.1 Å². The van der Waals surface area contributed by atoms with Crippen LogP contribution in [-0.2, 0) is 19.7 Å². The number of nitrogens with one attached hydrogen (secondary N) is 1. The van der Waals surface area contributed by atoms with E-state index in [4.69, 9.17) is 14.6 Å². The third kappa shape index (κ3) is 5.84. The van der Waals surface area contributed by atoms with Gasteiger partial charge in [0.05, 0.1) is 36.1 Å². The van der Waals surface area contributed by atoms with E-state index in [1.165, 1.54) is 11.8 Å². The van der Waals surface area contributed by atoms with E-state index in [1.54, 1.807) is 19.1 Å². The van der Waals surface area contributed by atoms with E-state index in [0.717, 1.165) is 39.4 Å². The van der Waals surface area contributed by atoms with Crippen LogP contribution >= 0.6 is 11.8 Å². The van der Waals surface area contributed by atoms with Crippen LogP contribution in [0.5, 0.6) is 5.75 Å². The van der Waals surface area contributed by atoms with Crippen molar-refractivity contribution in [3.05, 3.63) is 70.4 Å². The minimum atomic E-state index is -0.340. The van der Waals surface area contributed by atoms with E-state index in [-0.39, 0.29) is 34.8 Å². The van der Waals surface area contributed by atoms with Crippen LogP contribution in [0.15, 0.2) is 42.5 Å². The first-order valence-corrected chi connectivity index (χ1v) is 14.1. The van der Waals surface area contributed by atoms with Crippen LogP contribution in [0.2, 0.25) is 0 Å². The molecule has 9 heteroatoms. The van der Waals surface area contributed by atoms with E-state index >= 15 is 0 Å². The summed E-state index contributed by atoms with van der Waals surface area (Å²) in [4.78, 5) is 28.5. The van der Waals surface area contributed by atoms with Crippen LogP contribution in [0.25, 0.3) is 5.69 Å². The number of aromatic nitrogens is 2. The quantitative estimate of drug-likeness (QED) is 0.409. The van der Waals surface area contributed by atoms with E-state index in [0.29, 0.717) is 19.0 Å². The maximum Gasteiger partial charge on any atom is 0.240 e. The fourth-order valence-corrected chi connectivity index (χ4v) is 6.05. The lowest BCUT2D eigenvalue weighted by Crippen LogP contribution is -2.43. The first kappa shape index (κ1) is 28.7. The number of nitrogens with zero attached hydrogens (tertiary/aromatic N) is 3. The standard InChI is InChI=1S/C30H38N4O4S/c1-19-11-10-13-22(20(19)2)34-29-26(28(32-34)30(3,4)5)27(21-12-8-9-14-23(21)38-7)39-18-25(36)33(29)17-24(35)31-15-16-37-6/h8-14,27H,15-18H2,1-7H3,(H,31,35). The minimum Gasteiger partial charge on any atom is -0.496 e. The van der Waals surface area contributed by atoms with Gasteiger partial charge < -0.3 is 14.8 Å². The van der Waals surface area contributed by atoms with Crippen molar-refractivity contribution >= 4 is 29.4 Å². The number of ether oxygens (including phenoxy) is 2. The maximum atomic E-state index is 13.8. The molecule has 8 nitrogen and oxygen atoms in total. The van der Waals surface area contributed by atoms with Gasteiger partial charge in [0.1, 0.15) is 18.1 Å². The second-order valence-corrected chi connectivity index (χ2v) is 11.8. The van der Waals surface area contributed by atoms with Crippen molar-refractivity contribution in [3.63, 3.8) is 0 Å². The Morgan fingerprint density at radius 1 is 1.13 bits per heavy atom. The van der Waals surface area contributed by atoms with Crippen molar-refractivity contribution in [2.75, 3.05) is 44.6 Å². The summed E-state index contributed by atoms with van der Waals surface area (Å²) in [6, 6.07) is 14.0. The van der Waals surface area contributed by atoms with Gasteiger partial charge in [-0.3, -0.25) is 14.5 Å². The fourth-order valence-electron chi connectivity index (χ4n) is 4.83. The van der Waals surface area contributed by atoms with Crippen molar-refractivity contribution in [1.82, 2.24) is 15.1 Å². The minimum absolute atomic E-state index is 0.116. The molecule has 0 aliphatic carbocycles. The molecule has 4 rings (SSSR count). The van der Waals surface area contributed by atoms with Gasteiger partial charge in [0, 0.05) is 30.2 Å². The zero-order valence-electron chi connectivity index (χ0n) is 23.8. The highest BCUT2D eigenvalue weighted by Gasteiger charge is 2.40. The third-order valence-electron chi connectivity index (χ3n) is 6.96.